The Hall–Kier alpha value is -1.66. The zero-order chi connectivity index (χ0) is 16.0. The van der Waals surface area contributed by atoms with Crippen molar-refractivity contribution in [3.63, 3.8) is 0 Å². The first kappa shape index (κ1) is 17.4. The average molecular weight is 315 g/mol. The predicted octanol–water partition coefficient (Wildman–Crippen LogP) is 2.24. The van der Waals surface area contributed by atoms with Crippen LogP contribution < -0.4 is 0 Å². The molecule has 0 saturated carbocycles. The number of carbonyl (C=O) groups excluding carboxylic acids is 1. The molecule has 21 heavy (non-hydrogen) atoms. The summed E-state index contributed by atoms with van der Waals surface area (Å²) in [6, 6.07) is 4.49. The highest BCUT2D eigenvalue weighted by Crippen LogP contribution is 2.21. The lowest BCUT2D eigenvalue weighted by Gasteiger charge is -2.29. The van der Waals surface area contributed by atoms with E-state index in [1.165, 1.54) is 11.0 Å². The van der Waals surface area contributed by atoms with Gasteiger partial charge < -0.3 is 10.0 Å². The maximum absolute atomic E-state index is 11.9. The van der Waals surface area contributed by atoms with E-state index in [9.17, 15) is 20.0 Å². The van der Waals surface area contributed by atoms with E-state index in [0.29, 0.717) is 17.5 Å². The van der Waals surface area contributed by atoms with Crippen LogP contribution in [0.3, 0.4) is 0 Å². The highest BCUT2D eigenvalue weighted by molar-refractivity contribution is 6.27. The number of aliphatic hydroxyl groups excluding tert-OH is 1. The van der Waals surface area contributed by atoms with Gasteiger partial charge in [-0.3, -0.25) is 14.9 Å². The highest BCUT2D eigenvalue weighted by Gasteiger charge is 2.22. The van der Waals surface area contributed by atoms with Crippen molar-refractivity contribution in [2.45, 2.75) is 32.9 Å². The molecule has 0 saturated heterocycles. The fourth-order valence-corrected chi connectivity index (χ4v) is 2.25. The molecule has 1 amide bonds. The second kappa shape index (κ2) is 7.95. The first-order chi connectivity index (χ1) is 9.94. The number of nitrogens with zero attached hydrogens (tertiary/aromatic N) is 2. The van der Waals surface area contributed by atoms with E-state index in [1.807, 2.05) is 6.92 Å². The first-order valence-corrected chi connectivity index (χ1v) is 7.18. The Morgan fingerprint density at radius 1 is 1.52 bits per heavy atom. The third kappa shape index (κ3) is 4.41. The van der Waals surface area contributed by atoms with Crippen LogP contribution in [0.4, 0.5) is 5.69 Å². The minimum atomic E-state index is -0.449. The van der Waals surface area contributed by atoms with E-state index < -0.39 is 4.92 Å². The van der Waals surface area contributed by atoms with Crippen molar-refractivity contribution in [2.24, 2.45) is 0 Å². The molecule has 0 heterocycles. The number of aryl methyl sites for hydroxylation is 1. The van der Waals surface area contributed by atoms with Gasteiger partial charge in [-0.05, 0) is 18.9 Å². The van der Waals surface area contributed by atoms with E-state index in [0.717, 1.165) is 0 Å². The number of hydrogen-bond acceptors (Lipinski definition) is 4. The summed E-state index contributed by atoms with van der Waals surface area (Å²) in [5.41, 5.74) is 1.22. The molecule has 7 heteroatoms. The van der Waals surface area contributed by atoms with Crippen molar-refractivity contribution < 1.29 is 14.8 Å². The molecule has 6 nitrogen and oxygen atoms in total. The zero-order valence-corrected chi connectivity index (χ0v) is 12.8. The van der Waals surface area contributed by atoms with Crippen molar-refractivity contribution in [1.82, 2.24) is 4.90 Å². The van der Waals surface area contributed by atoms with Gasteiger partial charge in [-0.25, -0.2) is 0 Å². The number of carbonyl (C=O) groups is 1. The first-order valence-electron chi connectivity index (χ1n) is 6.64. The van der Waals surface area contributed by atoms with Gasteiger partial charge in [0, 0.05) is 18.2 Å². The van der Waals surface area contributed by atoms with E-state index in [4.69, 9.17) is 11.6 Å². The molecular formula is C14H19ClN2O4. The monoisotopic (exact) mass is 314 g/mol. The Labute approximate surface area is 128 Å². The summed E-state index contributed by atoms with van der Waals surface area (Å²) in [7, 11) is 0. The third-order valence-electron chi connectivity index (χ3n) is 3.38. The molecule has 1 aromatic carbocycles. The summed E-state index contributed by atoms with van der Waals surface area (Å²) in [4.78, 5) is 23.9. The molecule has 1 N–H and O–H groups in total. The fraction of sp³-hybridized carbons (Fsp3) is 0.500. The zero-order valence-electron chi connectivity index (χ0n) is 12.1. The summed E-state index contributed by atoms with van der Waals surface area (Å²) < 4.78 is 0. The van der Waals surface area contributed by atoms with Crippen LogP contribution in [-0.2, 0) is 11.3 Å². The van der Waals surface area contributed by atoms with Crippen LogP contribution in [-0.4, -0.2) is 39.4 Å². The Balaban J connectivity index is 3.06. The number of amides is 1. The van der Waals surface area contributed by atoms with E-state index >= 15 is 0 Å². The maximum Gasteiger partial charge on any atom is 0.272 e. The van der Waals surface area contributed by atoms with Crippen molar-refractivity contribution in [3.8, 4) is 0 Å². The van der Waals surface area contributed by atoms with Gasteiger partial charge in [-0.15, -0.1) is 11.6 Å². The summed E-state index contributed by atoms with van der Waals surface area (Å²) in [5.74, 6) is -0.495. The maximum atomic E-state index is 11.9. The number of hydrogen-bond donors (Lipinski definition) is 1. The van der Waals surface area contributed by atoms with Gasteiger partial charge >= 0.3 is 0 Å². The quantitative estimate of drug-likeness (QED) is 0.475. The van der Waals surface area contributed by atoms with Gasteiger partial charge in [0.05, 0.1) is 17.6 Å². The fourth-order valence-electron chi connectivity index (χ4n) is 2.09. The second-order valence-electron chi connectivity index (χ2n) is 4.78. The largest absolute Gasteiger partial charge is 0.394 e. The molecule has 0 aliphatic carbocycles. The number of rotatable bonds is 7. The minimum Gasteiger partial charge on any atom is -0.394 e. The topological polar surface area (TPSA) is 83.7 Å². The van der Waals surface area contributed by atoms with Crippen molar-refractivity contribution in [3.05, 3.63) is 39.4 Å². The minimum absolute atomic E-state index is 0.0165. The third-order valence-corrected chi connectivity index (χ3v) is 3.61. The van der Waals surface area contributed by atoms with E-state index in [1.54, 1.807) is 19.1 Å². The lowest BCUT2D eigenvalue weighted by Crippen LogP contribution is -2.42. The summed E-state index contributed by atoms with van der Waals surface area (Å²) in [6.07, 6.45) is 0.576. The Kier molecular flexibility index (Phi) is 6.58. The molecule has 0 fully saturated rings. The van der Waals surface area contributed by atoms with Crippen LogP contribution in [0.5, 0.6) is 0 Å². The molecule has 0 aliphatic rings. The van der Waals surface area contributed by atoms with Crippen LogP contribution >= 0.6 is 11.6 Å². The van der Waals surface area contributed by atoms with Crippen LogP contribution in [0.2, 0.25) is 0 Å². The lowest BCUT2D eigenvalue weighted by molar-refractivity contribution is -0.385. The lowest BCUT2D eigenvalue weighted by atomic mass is 10.1. The van der Waals surface area contributed by atoms with Crippen LogP contribution in [0.1, 0.15) is 24.5 Å². The highest BCUT2D eigenvalue weighted by atomic mass is 35.5. The van der Waals surface area contributed by atoms with Crippen LogP contribution in [0, 0.1) is 17.0 Å². The molecule has 0 aliphatic heterocycles. The van der Waals surface area contributed by atoms with Crippen molar-refractivity contribution in [2.75, 3.05) is 12.5 Å². The molecule has 1 aromatic rings. The van der Waals surface area contributed by atoms with Gasteiger partial charge in [-0.2, -0.15) is 0 Å². The number of nitro groups is 1. The Morgan fingerprint density at radius 2 is 2.19 bits per heavy atom. The summed E-state index contributed by atoms with van der Waals surface area (Å²) >= 11 is 5.60. The van der Waals surface area contributed by atoms with E-state index in [-0.39, 0.29) is 36.7 Å². The van der Waals surface area contributed by atoms with Gasteiger partial charge in [0.25, 0.3) is 5.69 Å². The molecule has 0 bridgehead atoms. The predicted molar refractivity (Wildman–Crippen MR) is 80.3 cm³/mol. The van der Waals surface area contributed by atoms with Gasteiger partial charge in [0.1, 0.15) is 5.88 Å². The normalized spacial score (nSPS) is 12.0. The molecule has 1 atom stereocenters. The molecule has 0 aromatic heterocycles. The Bertz CT molecular complexity index is 518. The number of alkyl halides is 1. The SMILES string of the molecule is CC[C@@H](CO)N(Cc1ccc(C)c([N+](=O)[O-])c1)C(=O)CCl. The summed E-state index contributed by atoms with van der Waals surface area (Å²) in [6.45, 7) is 3.53. The number of nitro benzene ring substituents is 1. The van der Waals surface area contributed by atoms with Gasteiger partial charge in [-0.1, -0.05) is 19.1 Å². The molecule has 0 spiro atoms. The number of aliphatic hydroxyl groups is 1. The molecule has 0 unspecified atom stereocenters. The standard InChI is InChI=1S/C14H19ClN2O4/c1-3-12(9-18)16(14(19)7-15)8-11-5-4-10(2)13(6-11)17(20)21/h4-6,12,18H,3,7-9H2,1-2H3/t12-/m0/s1. The number of halogens is 1. The van der Waals surface area contributed by atoms with Crippen molar-refractivity contribution in [1.29, 1.82) is 0 Å². The van der Waals surface area contributed by atoms with E-state index in [2.05, 4.69) is 0 Å². The van der Waals surface area contributed by atoms with Crippen molar-refractivity contribution >= 4 is 23.2 Å². The Morgan fingerprint density at radius 3 is 2.67 bits per heavy atom. The average Bonchev–Trinajstić information content (AvgIpc) is 2.48. The van der Waals surface area contributed by atoms with Crippen LogP contribution in [0.25, 0.3) is 0 Å². The molecule has 1 rings (SSSR count). The second-order valence-corrected chi connectivity index (χ2v) is 5.05. The van der Waals surface area contributed by atoms with Gasteiger partial charge in [0.15, 0.2) is 0 Å². The summed E-state index contributed by atoms with van der Waals surface area (Å²) in [5, 5.41) is 20.3. The molecular weight excluding hydrogens is 296 g/mol. The van der Waals surface area contributed by atoms with Gasteiger partial charge in [0.2, 0.25) is 5.91 Å². The molecule has 0 radical (unpaired) electrons. The number of benzene rings is 1. The smallest absolute Gasteiger partial charge is 0.272 e. The molecule has 116 valence electrons. The van der Waals surface area contributed by atoms with Crippen LogP contribution in [0.15, 0.2) is 18.2 Å².